The van der Waals surface area contributed by atoms with Crippen LogP contribution in [0.2, 0.25) is 5.28 Å². The SMILES string of the molecule is O=C1CCC(c2cccc3nc(Cl)ncc23)C(=O)N1. The summed E-state index contributed by atoms with van der Waals surface area (Å²) < 4.78 is 0. The number of aromatic nitrogens is 2. The van der Waals surface area contributed by atoms with Gasteiger partial charge < -0.3 is 0 Å². The van der Waals surface area contributed by atoms with Gasteiger partial charge in [-0.15, -0.1) is 0 Å². The molecule has 3 rings (SSSR count). The maximum atomic E-state index is 11.9. The van der Waals surface area contributed by atoms with Crippen LogP contribution >= 0.6 is 11.6 Å². The van der Waals surface area contributed by atoms with Crippen molar-refractivity contribution in [3.8, 4) is 0 Å². The molecular formula is C13H10ClN3O2. The highest BCUT2D eigenvalue weighted by Gasteiger charge is 2.29. The number of imide groups is 1. The number of nitrogens with one attached hydrogen (secondary N) is 1. The lowest BCUT2D eigenvalue weighted by molar-refractivity contribution is -0.134. The summed E-state index contributed by atoms with van der Waals surface area (Å²) in [7, 11) is 0. The number of halogens is 1. The first kappa shape index (κ1) is 12.0. The Hall–Kier alpha value is -2.01. The lowest BCUT2D eigenvalue weighted by atomic mass is 9.88. The maximum absolute atomic E-state index is 11.9. The molecule has 0 aliphatic carbocycles. The summed E-state index contributed by atoms with van der Waals surface area (Å²) >= 11 is 5.76. The molecule has 1 aromatic carbocycles. The minimum Gasteiger partial charge on any atom is -0.296 e. The van der Waals surface area contributed by atoms with E-state index in [1.54, 1.807) is 6.20 Å². The monoisotopic (exact) mass is 275 g/mol. The van der Waals surface area contributed by atoms with Crippen molar-refractivity contribution in [2.24, 2.45) is 0 Å². The van der Waals surface area contributed by atoms with Crippen molar-refractivity contribution < 1.29 is 9.59 Å². The van der Waals surface area contributed by atoms with Crippen LogP contribution in [0.3, 0.4) is 0 Å². The number of nitrogens with zero attached hydrogens (tertiary/aromatic N) is 2. The molecule has 6 heteroatoms. The van der Waals surface area contributed by atoms with Crippen molar-refractivity contribution in [3.05, 3.63) is 35.2 Å². The molecule has 0 saturated carbocycles. The second-order valence-electron chi connectivity index (χ2n) is 4.42. The molecule has 1 aliphatic heterocycles. The van der Waals surface area contributed by atoms with Gasteiger partial charge in [-0.3, -0.25) is 14.9 Å². The van der Waals surface area contributed by atoms with Gasteiger partial charge in [0.1, 0.15) is 0 Å². The summed E-state index contributed by atoms with van der Waals surface area (Å²) in [6, 6.07) is 5.50. The van der Waals surface area contributed by atoms with E-state index in [4.69, 9.17) is 11.6 Å². The molecule has 1 atom stereocenters. The highest BCUT2D eigenvalue weighted by atomic mass is 35.5. The predicted molar refractivity (Wildman–Crippen MR) is 69.7 cm³/mol. The summed E-state index contributed by atoms with van der Waals surface area (Å²) in [5.41, 5.74) is 1.53. The smallest absolute Gasteiger partial charge is 0.234 e. The molecule has 5 nitrogen and oxygen atoms in total. The Labute approximate surface area is 114 Å². The number of piperidine rings is 1. The van der Waals surface area contributed by atoms with E-state index in [1.165, 1.54) is 0 Å². The minimum atomic E-state index is -0.342. The van der Waals surface area contributed by atoms with Crippen LogP contribution in [0, 0.1) is 0 Å². The molecule has 1 N–H and O–H groups in total. The number of benzene rings is 1. The topological polar surface area (TPSA) is 72.0 Å². The van der Waals surface area contributed by atoms with Crippen LogP contribution in [-0.4, -0.2) is 21.8 Å². The molecule has 2 aromatic rings. The number of fused-ring (bicyclic) bond motifs is 1. The minimum absolute atomic E-state index is 0.174. The first-order valence-electron chi connectivity index (χ1n) is 5.90. The van der Waals surface area contributed by atoms with E-state index in [0.717, 1.165) is 10.9 Å². The van der Waals surface area contributed by atoms with Gasteiger partial charge in [-0.2, -0.15) is 0 Å². The van der Waals surface area contributed by atoms with E-state index in [2.05, 4.69) is 15.3 Å². The van der Waals surface area contributed by atoms with Gasteiger partial charge >= 0.3 is 0 Å². The second kappa shape index (κ2) is 4.59. The number of rotatable bonds is 1. The van der Waals surface area contributed by atoms with Gasteiger partial charge in [0.25, 0.3) is 0 Å². The van der Waals surface area contributed by atoms with E-state index in [1.807, 2.05) is 18.2 Å². The second-order valence-corrected chi connectivity index (χ2v) is 4.76. The number of amides is 2. The molecule has 96 valence electrons. The Morgan fingerprint density at radius 3 is 2.95 bits per heavy atom. The molecular weight excluding hydrogens is 266 g/mol. The molecule has 1 aliphatic rings. The largest absolute Gasteiger partial charge is 0.296 e. The van der Waals surface area contributed by atoms with Gasteiger partial charge in [-0.05, 0) is 29.7 Å². The summed E-state index contributed by atoms with van der Waals surface area (Å²) in [5, 5.41) is 3.33. The molecule has 1 unspecified atom stereocenters. The van der Waals surface area contributed by atoms with Crippen LogP contribution in [0.5, 0.6) is 0 Å². The van der Waals surface area contributed by atoms with Crippen molar-refractivity contribution in [1.82, 2.24) is 15.3 Å². The molecule has 1 saturated heterocycles. The number of hydrogen-bond acceptors (Lipinski definition) is 4. The molecule has 0 radical (unpaired) electrons. The Balaban J connectivity index is 2.10. The molecule has 19 heavy (non-hydrogen) atoms. The maximum Gasteiger partial charge on any atom is 0.234 e. The van der Waals surface area contributed by atoms with Crippen molar-refractivity contribution >= 4 is 34.3 Å². The fourth-order valence-electron chi connectivity index (χ4n) is 2.35. The van der Waals surface area contributed by atoms with E-state index >= 15 is 0 Å². The van der Waals surface area contributed by atoms with Gasteiger partial charge in [-0.25, -0.2) is 9.97 Å². The van der Waals surface area contributed by atoms with Gasteiger partial charge in [0.05, 0.1) is 11.4 Å². The van der Waals surface area contributed by atoms with Crippen LogP contribution in [0.4, 0.5) is 0 Å². The van der Waals surface area contributed by atoms with Crippen molar-refractivity contribution in [1.29, 1.82) is 0 Å². The summed E-state index contributed by atoms with van der Waals surface area (Å²) in [6.45, 7) is 0. The van der Waals surface area contributed by atoms with Crippen molar-refractivity contribution in [2.75, 3.05) is 0 Å². The third-order valence-electron chi connectivity index (χ3n) is 3.24. The van der Waals surface area contributed by atoms with Gasteiger partial charge in [0.15, 0.2) is 0 Å². The number of hydrogen-bond donors (Lipinski definition) is 1. The molecule has 2 heterocycles. The van der Waals surface area contributed by atoms with Crippen molar-refractivity contribution in [2.45, 2.75) is 18.8 Å². The lowest BCUT2D eigenvalue weighted by Crippen LogP contribution is -2.39. The summed E-state index contributed by atoms with van der Waals surface area (Å²) in [6.07, 6.45) is 2.47. The van der Waals surface area contributed by atoms with Crippen LogP contribution in [0.1, 0.15) is 24.3 Å². The zero-order chi connectivity index (χ0) is 13.4. The van der Waals surface area contributed by atoms with E-state index in [0.29, 0.717) is 18.4 Å². The summed E-state index contributed by atoms with van der Waals surface area (Å²) in [4.78, 5) is 31.2. The Bertz CT molecular complexity index is 687. The molecule has 2 amide bonds. The quantitative estimate of drug-likeness (QED) is 0.636. The zero-order valence-corrected chi connectivity index (χ0v) is 10.6. The fraction of sp³-hybridized carbons (Fsp3) is 0.231. The van der Waals surface area contributed by atoms with Gasteiger partial charge in [0, 0.05) is 18.0 Å². The van der Waals surface area contributed by atoms with Crippen LogP contribution < -0.4 is 5.32 Å². The fourth-order valence-corrected chi connectivity index (χ4v) is 2.49. The molecule has 1 aromatic heterocycles. The zero-order valence-electron chi connectivity index (χ0n) is 9.89. The highest BCUT2D eigenvalue weighted by Crippen LogP contribution is 2.30. The van der Waals surface area contributed by atoms with Gasteiger partial charge in [0.2, 0.25) is 17.1 Å². The normalized spacial score (nSPS) is 19.5. The number of carbonyl (C=O) groups excluding carboxylic acids is 2. The standard InChI is InChI=1S/C13H10ClN3O2/c14-13-15-6-9-7(2-1-3-10(9)16-13)8-4-5-11(18)17-12(8)19/h1-3,6,8H,4-5H2,(H,17,18,19). The third-order valence-corrected chi connectivity index (χ3v) is 3.43. The first-order chi connectivity index (χ1) is 9.15. The average Bonchev–Trinajstić information content (AvgIpc) is 2.38. The van der Waals surface area contributed by atoms with E-state index < -0.39 is 0 Å². The molecule has 0 bridgehead atoms. The van der Waals surface area contributed by atoms with Crippen molar-refractivity contribution in [3.63, 3.8) is 0 Å². The predicted octanol–water partition coefficient (Wildman–Crippen LogP) is 1.80. The lowest BCUT2D eigenvalue weighted by Gasteiger charge is -2.22. The third kappa shape index (κ3) is 2.17. The Morgan fingerprint density at radius 1 is 1.32 bits per heavy atom. The van der Waals surface area contributed by atoms with Crippen LogP contribution in [-0.2, 0) is 9.59 Å². The molecule has 1 fully saturated rings. The number of carbonyl (C=O) groups is 2. The van der Waals surface area contributed by atoms with Crippen LogP contribution in [0.25, 0.3) is 10.9 Å². The van der Waals surface area contributed by atoms with E-state index in [9.17, 15) is 9.59 Å². The van der Waals surface area contributed by atoms with Gasteiger partial charge in [-0.1, -0.05) is 12.1 Å². The Kier molecular flexibility index (Phi) is 2.91. The van der Waals surface area contributed by atoms with Crippen LogP contribution in [0.15, 0.2) is 24.4 Å². The Morgan fingerprint density at radius 2 is 2.16 bits per heavy atom. The first-order valence-corrected chi connectivity index (χ1v) is 6.28. The summed E-state index contributed by atoms with van der Waals surface area (Å²) in [5.74, 6) is -0.828. The van der Waals surface area contributed by atoms with E-state index in [-0.39, 0.29) is 23.0 Å². The molecule has 0 spiro atoms. The average molecular weight is 276 g/mol. The highest BCUT2D eigenvalue weighted by molar-refractivity contribution is 6.28.